The van der Waals surface area contributed by atoms with Crippen LogP contribution in [-0.2, 0) is 16.0 Å². The minimum Gasteiger partial charge on any atom is -0.355 e. The maximum atomic E-state index is 13.2. The Morgan fingerprint density at radius 2 is 1.88 bits per heavy atom. The van der Waals surface area contributed by atoms with Gasteiger partial charge in [0.1, 0.15) is 5.82 Å². The predicted octanol–water partition coefficient (Wildman–Crippen LogP) is 2.45. The van der Waals surface area contributed by atoms with Gasteiger partial charge in [-0.1, -0.05) is 31.4 Å². The molecule has 1 saturated heterocycles. The Hall–Kier alpha value is -1.91. The Bertz CT molecular complexity index is 785. The molecule has 0 spiro atoms. The second kappa shape index (κ2) is 13.6. The van der Waals surface area contributed by atoms with E-state index in [4.69, 9.17) is 0 Å². The summed E-state index contributed by atoms with van der Waals surface area (Å²) in [6, 6.07) is 6.24. The number of benzene rings is 1. The van der Waals surface area contributed by atoms with E-state index in [0.29, 0.717) is 37.1 Å². The number of guanidine groups is 1. The zero-order valence-electron chi connectivity index (χ0n) is 18.7. The highest BCUT2D eigenvalue weighted by molar-refractivity contribution is 14.0. The fourth-order valence-corrected chi connectivity index (χ4v) is 4.35. The molecule has 3 N–H and O–H groups in total. The summed E-state index contributed by atoms with van der Waals surface area (Å²) in [4.78, 5) is 31.0. The first-order valence-electron chi connectivity index (χ1n) is 11.3. The number of amides is 2. The van der Waals surface area contributed by atoms with Gasteiger partial charge in [0.25, 0.3) is 0 Å². The van der Waals surface area contributed by atoms with E-state index in [1.54, 1.807) is 19.2 Å². The molecule has 2 fully saturated rings. The minimum atomic E-state index is -0.340. The average molecular weight is 559 g/mol. The molecule has 7 nitrogen and oxygen atoms in total. The Morgan fingerprint density at radius 3 is 2.59 bits per heavy atom. The number of halogens is 2. The lowest BCUT2D eigenvalue weighted by Crippen LogP contribution is -2.47. The fourth-order valence-electron chi connectivity index (χ4n) is 4.35. The molecule has 32 heavy (non-hydrogen) atoms. The van der Waals surface area contributed by atoms with Gasteiger partial charge in [0.2, 0.25) is 11.8 Å². The van der Waals surface area contributed by atoms with E-state index in [9.17, 15) is 14.0 Å². The molecule has 2 amide bonds. The van der Waals surface area contributed by atoms with Gasteiger partial charge in [-0.3, -0.25) is 14.6 Å². The number of likely N-dealkylation sites (tertiary alicyclic amines) is 1. The van der Waals surface area contributed by atoms with E-state index in [1.165, 1.54) is 31.4 Å². The van der Waals surface area contributed by atoms with Crippen LogP contribution in [0, 0.1) is 11.7 Å². The van der Waals surface area contributed by atoms with Crippen LogP contribution >= 0.6 is 24.0 Å². The van der Waals surface area contributed by atoms with Crippen molar-refractivity contribution in [1.29, 1.82) is 0 Å². The lowest BCUT2D eigenvalue weighted by atomic mass is 9.88. The van der Waals surface area contributed by atoms with Crippen LogP contribution in [-0.4, -0.2) is 61.9 Å². The van der Waals surface area contributed by atoms with Crippen molar-refractivity contribution in [2.24, 2.45) is 10.9 Å². The maximum absolute atomic E-state index is 13.2. The van der Waals surface area contributed by atoms with Crippen molar-refractivity contribution in [3.63, 3.8) is 0 Å². The second-order valence-electron chi connectivity index (χ2n) is 8.40. The van der Waals surface area contributed by atoms with Crippen LogP contribution in [0.15, 0.2) is 29.3 Å². The molecule has 3 rings (SSSR count). The summed E-state index contributed by atoms with van der Waals surface area (Å²) in [6.07, 6.45) is 6.70. The zero-order valence-corrected chi connectivity index (χ0v) is 21.1. The summed E-state index contributed by atoms with van der Waals surface area (Å²) < 4.78 is 13.2. The highest BCUT2D eigenvalue weighted by Gasteiger charge is 2.31. The average Bonchev–Trinajstić information content (AvgIpc) is 3.24. The Balaban J connectivity index is 0.00000363. The topological polar surface area (TPSA) is 85.8 Å². The largest absolute Gasteiger partial charge is 0.355 e. The third kappa shape index (κ3) is 8.22. The number of rotatable bonds is 7. The highest BCUT2D eigenvalue weighted by atomic mass is 127. The van der Waals surface area contributed by atoms with Gasteiger partial charge in [-0.2, -0.15) is 0 Å². The SMILES string of the molecule is CN=C(NCCNC(=O)Cc1cccc(F)c1)NC1CCN(C(=O)C2CCCCC2)C1.I. The summed E-state index contributed by atoms with van der Waals surface area (Å²) in [5, 5.41) is 9.39. The molecule has 1 atom stereocenters. The van der Waals surface area contributed by atoms with Gasteiger partial charge in [0, 0.05) is 45.2 Å². The molecular weight excluding hydrogens is 524 g/mol. The van der Waals surface area contributed by atoms with Crippen molar-refractivity contribution in [3.8, 4) is 0 Å². The molecule has 9 heteroatoms. The lowest BCUT2D eigenvalue weighted by molar-refractivity contribution is -0.135. The van der Waals surface area contributed by atoms with Gasteiger partial charge in [-0.25, -0.2) is 4.39 Å². The zero-order chi connectivity index (χ0) is 22.1. The number of hydrogen-bond donors (Lipinski definition) is 3. The van der Waals surface area contributed by atoms with Gasteiger partial charge >= 0.3 is 0 Å². The van der Waals surface area contributed by atoms with Crippen molar-refractivity contribution in [1.82, 2.24) is 20.9 Å². The fraction of sp³-hybridized carbons (Fsp3) is 0.609. The molecule has 1 heterocycles. The summed E-state index contributed by atoms with van der Waals surface area (Å²) >= 11 is 0. The van der Waals surface area contributed by atoms with Crippen LogP contribution in [0.1, 0.15) is 44.1 Å². The standard InChI is InChI=1S/C23H34FN5O2.HI/c1-25-23(27-12-11-26-21(30)15-17-6-5-9-19(24)14-17)28-20-10-13-29(16-20)22(31)18-7-3-2-4-8-18;/h5-6,9,14,18,20H,2-4,7-8,10-13,15-16H2,1H3,(H,26,30)(H2,25,27,28);1H. The van der Waals surface area contributed by atoms with Crippen LogP contribution in [0.25, 0.3) is 0 Å². The maximum Gasteiger partial charge on any atom is 0.225 e. The van der Waals surface area contributed by atoms with Gasteiger partial charge in [-0.15, -0.1) is 24.0 Å². The van der Waals surface area contributed by atoms with Crippen molar-refractivity contribution < 1.29 is 14.0 Å². The number of aliphatic imine (C=N–C) groups is 1. The van der Waals surface area contributed by atoms with Gasteiger partial charge in [-0.05, 0) is 37.0 Å². The van der Waals surface area contributed by atoms with E-state index in [2.05, 4.69) is 20.9 Å². The van der Waals surface area contributed by atoms with Gasteiger partial charge in [0.15, 0.2) is 5.96 Å². The molecular formula is C23H35FIN5O2. The van der Waals surface area contributed by atoms with Crippen molar-refractivity contribution >= 4 is 41.8 Å². The quantitative estimate of drug-likeness (QED) is 0.208. The normalized spacial score (nSPS) is 19.2. The number of hydrogen-bond acceptors (Lipinski definition) is 3. The number of carbonyl (C=O) groups is 2. The molecule has 178 valence electrons. The van der Waals surface area contributed by atoms with E-state index in [0.717, 1.165) is 25.8 Å². The van der Waals surface area contributed by atoms with E-state index >= 15 is 0 Å². The summed E-state index contributed by atoms with van der Waals surface area (Å²) in [5.41, 5.74) is 0.650. The van der Waals surface area contributed by atoms with Crippen LogP contribution in [0.2, 0.25) is 0 Å². The lowest BCUT2D eigenvalue weighted by Gasteiger charge is -2.26. The van der Waals surface area contributed by atoms with E-state index in [-0.39, 0.29) is 54.1 Å². The molecule has 0 bridgehead atoms. The Morgan fingerprint density at radius 1 is 1.12 bits per heavy atom. The molecule has 1 aliphatic carbocycles. The third-order valence-electron chi connectivity index (χ3n) is 6.01. The number of nitrogens with zero attached hydrogens (tertiary/aromatic N) is 2. The van der Waals surface area contributed by atoms with Gasteiger partial charge < -0.3 is 20.9 Å². The Labute approximate surface area is 207 Å². The van der Waals surface area contributed by atoms with Crippen LogP contribution in [0.5, 0.6) is 0 Å². The minimum absolute atomic E-state index is 0. The van der Waals surface area contributed by atoms with Crippen molar-refractivity contribution in [3.05, 3.63) is 35.6 Å². The van der Waals surface area contributed by atoms with Crippen LogP contribution in [0.4, 0.5) is 4.39 Å². The van der Waals surface area contributed by atoms with Crippen LogP contribution < -0.4 is 16.0 Å². The highest BCUT2D eigenvalue weighted by Crippen LogP contribution is 2.26. The smallest absolute Gasteiger partial charge is 0.225 e. The molecule has 1 aliphatic heterocycles. The first-order chi connectivity index (χ1) is 15.0. The Kier molecular flexibility index (Phi) is 11.2. The summed E-state index contributed by atoms with van der Waals surface area (Å²) in [6.45, 7) is 2.46. The van der Waals surface area contributed by atoms with E-state index in [1.807, 2.05) is 4.90 Å². The third-order valence-corrected chi connectivity index (χ3v) is 6.01. The predicted molar refractivity (Wildman–Crippen MR) is 135 cm³/mol. The molecule has 2 aliphatic rings. The molecule has 1 unspecified atom stereocenters. The number of nitrogens with one attached hydrogen (secondary N) is 3. The first kappa shape index (κ1) is 26.3. The molecule has 1 aromatic carbocycles. The van der Waals surface area contributed by atoms with Crippen molar-refractivity contribution in [2.75, 3.05) is 33.2 Å². The second-order valence-corrected chi connectivity index (χ2v) is 8.40. The summed E-state index contributed by atoms with van der Waals surface area (Å²) in [5.74, 6) is 0.695. The van der Waals surface area contributed by atoms with Gasteiger partial charge in [0.05, 0.1) is 6.42 Å². The van der Waals surface area contributed by atoms with E-state index < -0.39 is 0 Å². The molecule has 1 saturated carbocycles. The van der Waals surface area contributed by atoms with Crippen molar-refractivity contribution in [2.45, 2.75) is 51.0 Å². The molecule has 0 aromatic heterocycles. The first-order valence-corrected chi connectivity index (χ1v) is 11.3. The van der Waals surface area contributed by atoms with Crippen LogP contribution in [0.3, 0.4) is 0 Å². The molecule has 1 aromatic rings. The summed E-state index contributed by atoms with van der Waals surface area (Å²) in [7, 11) is 1.71. The number of carbonyl (C=O) groups excluding carboxylic acids is 2. The molecule has 0 radical (unpaired) electrons. The monoisotopic (exact) mass is 559 g/mol.